The zero-order chi connectivity index (χ0) is 24.5. The minimum atomic E-state index is -0.00310. The fourth-order valence-corrected chi connectivity index (χ4v) is 4.37. The molecular weight excluding hydrogens is 464 g/mol. The molecule has 0 aliphatic carbocycles. The van der Waals surface area contributed by atoms with Crippen LogP contribution in [-0.4, -0.2) is 49.4 Å². The van der Waals surface area contributed by atoms with Crippen LogP contribution in [0.25, 0.3) is 22.1 Å². The molecule has 10 heteroatoms. The van der Waals surface area contributed by atoms with E-state index in [0.29, 0.717) is 47.2 Å². The molecule has 178 valence electrons. The molecule has 2 aromatic carbocycles. The minimum absolute atomic E-state index is 0.00310. The lowest BCUT2D eigenvalue weighted by molar-refractivity contribution is 0.0827. The Labute approximate surface area is 207 Å². The average molecular weight is 489 g/mol. The Bertz CT molecular complexity index is 1520. The van der Waals surface area contributed by atoms with E-state index in [1.807, 2.05) is 41.0 Å². The van der Waals surface area contributed by atoms with Gasteiger partial charge in [0.25, 0.3) is 5.91 Å². The number of halogens is 1. The minimum Gasteiger partial charge on any atom is -0.382 e. The van der Waals surface area contributed by atoms with Crippen LogP contribution in [0.5, 0.6) is 0 Å². The SMILES string of the molecule is CN(C)C(=O)c1ccc(CNCc2cc3cc(Cl)cc(Cn4cnc5c(N)ncnc54)c3[nH]2)cc1. The van der Waals surface area contributed by atoms with Gasteiger partial charge in [-0.25, -0.2) is 15.0 Å². The van der Waals surface area contributed by atoms with Crippen molar-refractivity contribution in [2.24, 2.45) is 0 Å². The van der Waals surface area contributed by atoms with E-state index in [2.05, 4.69) is 31.3 Å². The second-order valence-electron chi connectivity index (χ2n) is 8.63. The molecule has 0 spiro atoms. The van der Waals surface area contributed by atoms with E-state index < -0.39 is 0 Å². The van der Waals surface area contributed by atoms with Gasteiger partial charge in [-0.15, -0.1) is 0 Å². The number of nitrogens with two attached hydrogens (primary N) is 1. The van der Waals surface area contributed by atoms with Gasteiger partial charge in [0.2, 0.25) is 0 Å². The summed E-state index contributed by atoms with van der Waals surface area (Å²) in [6.45, 7) is 1.87. The number of imidazole rings is 1. The molecule has 0 saturated carbocycles. The highest BCUT2D eigenvalue weighted by Crippen LogP contribution is 2.26. The molecule has 9 nitrogen and oxygen atoms in total. The van der Waals surface area contributed by atoms with Crippen molar-refractivity contribution in [2.45, 2.75) is 19.6 Å². The molecule has 5 aromatic rings. The van der Waals surface area contributed by atoms with Gasteiger partial charge < -0.3 is 25.5 Å². The maximum atomic E-state index is 12.1. The van der Waals surface area contributed by atoms with Crippen molar-refractivity contribution in [3.05, 3.63) is 82.5 Å². The first kappa shape index (κ1) is 22.8. The van der Waals surface area contributed by atoms with Gasteiger partial charge >= 0.3 is 0 Å². The lowest BCUT2D eigenvalue weighted by atomic mass is 10.1. The van der Waals surface area contributed by atoms with Gasteiger partial charge in [0.1, 0.15) is 11.8 Å². The second-order valence-corrected chi connectivity index (χ2v) is 9.06. The Balaban J connectivity index is 1.31. The predicted molar refractivity (Wildman–Crippen MR) is 137 cm³/mol. The summed E-state index contributed by atoms with van der Waals surface area (Å²) in [5.74, 6) is 0.355. The molecule has 1 amide bonds. The van der Waals surface area contributed by atoms with E-state index in [-0.39, 0.29) is 5.91 Å². The van der Waals surface area contributed by atoms with E-state index in [1.54, 1.807) is 25.3 Å². The number of amides is 1. The van der Waals surface area contributed by atoms with Crippen LogP contribution in [-0.2, 0) is 19.6 Å². The van der Waals surface area contributed by atoms with Crippen LogP contribution in [0.15, 0.2) is 55.1 Å². The molecule has 0 aliphatic heterocycles. The summed E-state index contributed by atoms with van der Waals surface area (Å²) >= 11 is 6.43. The van der Waals surface area contributed by atoms with Crippen molar-refractivity contribution in [1.29, 1.82) is 0 Å². The van der Waals surface area contributed by atoms with Gasteiger partial charge in [0.15, 0.2) is 11.5 Å². The van der Waals surface area contributed by atoms with Crippen molar-refractivity contribution >= 4 is 45.4 Å². The molecule has 5 rings (SSSR count). The number of rotatable bonds is 7. The molecule has 0 atom stereocenters. The van der Waals surface area contributed by atoms with E-state index in [1.165, 1.54) is 6.33 Å². The third kappa shape index (κ3) is 4.68. The third-order valence-electron chi connectivity index (χ3n) is 5.85. The Morgan fingerprint density at radius 1 is 1.11 bits per heavy atom. The van der Waals surface area contributed by atoms with Crippen LogP contribution >= 0.6 is 11.6 Å². The first-order valence-electron chi connectivity index (χ1n) is 11.1. The van der Waals surface area contributed by atoms with Gasteiger partial charge in [-0.2, -0.15) is 0 Å². The molecule has 0 saturated heterocycles. The van der Waals surface area contributed by atoms with E-state index in [4.69, 9.17) is 17.3 Å². The fraction of sp³-hybridized carbons (Fsp3) is 0.200. The molecular formula is C25H25ClN8O. The lowest BCUT2D eigenvalue weighted by Crippen LogP contribution is -2.21. The van der Waals surface area contributed by atoms with E-state index >= 15 is 0 Å². The third-order valence-corrected chi connectivity index (χ3v) is 6.07. The van der Waals surface area contributed by atoms with Gasteiger partial charge in [-0.1, -0.05) is 23.7 Å². The standard InChI is InChI=1S/C25H25ClN8O/c1-33(2)25(35)16-5-3-15(4-6-16)10-28-11-20-9-17-7-19(26)8-18(21(17)32-20)12-34-14-31-22-23(27)29-13-30-24(22)34/h3-9,13-14,28,32H,10-12H2,1-2H3,(H2,27,29,30). The summed E-state index contributed by atoms with van der Waals surface area (Å²) in [5.41, 5.74) is 12.1. The van der Waals surface area contributed by atoms with Gasteiger partial charge in [0.05, 0.1) is 18.4 Å². The first-order valence-corrected chi connectivity index (χ1v) is 11.5. The molecule has 35 heavy (non-hydrogen) atoms. The van der Waals surface area contributed by atoms with Gasteiger partial charge in [-0.3, -0.25) is 4.79 Å². The number of carbonyl (C=O) groups is 1. The number of carbonyl (C=O) groups excluding carboxylic acids is 1. The fourth-order valence-electron chi connectivity index (χ4n) is 4.12. The smallest absolute Gasteiger partial charge is 0.253 e. The van der Waals surface area contributed by atoms with E-state index in [0.717, 1.165) is 27.7 Å². The van der Waals surface area contributed by atoms with Crippen molar-refractivity contribution in [3.8, 4) is 0 Å². The highest BCUT2D eigenvalue weighted by atomic mass is 35.5. The highest BCUT2D eigenvalue weighted by molar-refractivity contribution is 6.31. The number of hydrogen-bond acceptors (Lipinski definition) is 6. The number of anilines is 1. The number of hydrogen-bond donors (Lipinski definition) is 3. The predicted octanol–water partition coefficient (Wildman–Crippen LogP) is 3.58. The normalized spacial score (nSPS) is 11.4. The Kier molecular flexibility index (Phi) is 6.10. The molecule has 0 bridgehead atoms. The monoisotopic (exact) mass is 488 g/mol. The summed E-state index contributed by atoms with van der Waals surface area (Å²) in [6.07, 6.45) is 3.15. The quantitative estimate of drug-likeness (QED) is 0.322. The molecule has 0 aliphatic rings. The summed E-state index contributed by atoms with van der Waals surface area (Å²) in [4.78, 5) is 29.8. The Morgan fingerprint density at radius 2 is 1.91 bits per heavy atom. The average Bonchev–Trinajstić information content (AvgIpc) is 3.44. The molecule has 0 fully saturated rings. The summed E-state index contributed by atoms with van der Waals surface area (Å²) in [6, 6.07) is 13.7. The van der Waals surface area contributed by atoms with Crippen LogP contribution in [0, 0.1) is 0 Å². The van der Waals surface area contributed by atoms with Crippen molar-refractivity contribution in [1.82, 2.24) is 34.7 Å². The molecule has 0 radical (unpaired) electrons. The Morgan fingerprint density at radius 3 is 2.69 bits per heavy atom. The zero-order valence-corrected chi connectivity index (χ0v) is 20.2. The number of benzene rings is 2. The van der Waals surface area contributed by atoms with E-state index in [9.17, 15) is 4.79 Å². The zero-order valence-electron chi connectivity index (χ0n) is 19.4. The van der Waals surface area contributed by atoms with Crippen molar-refractivity contribution in [2.75, 3.05) is 19.8 Å². The summed E-state index contributed by atoms with van der Waals surface area (Å²) in [7, 11) is 3.50. The van der Waals surface area contributed by atoms with Crippen LogP contribution in [0.3, 0.4) is 0 Å². The number of aromatic amines is 1. The molecule has 0 unspecified atom stereocenters. The molecule has 3 aromatic heterocycles. The number of nitrogens with one attached hydrogen (secondary N) is 2. The number of nitrogen functional groups attached to an aromatic ring is 1. The number of fused-ring (bicyclic) bond motifs is 2. The molecule has 4 N–H and O–H groups in total. The van der Waals surface area contributed by atoms with Crippen molar-refractivity contribution in [3.63, 3.8) is 0 Å². The first-order chi connectivity index (χ1) is 16.9. The maximum absolute atomic E-state index is 12.1. The Hall–Kier alpha value is -3.95. The topological polar surface area (TPSA) is 118 Å². The maximum Gasteiger partial charge on any atom is 0.253 e. The number of aromatic nitrogens is 5. The van der Waals surface area contributed by atoms with Crippen LogP contribution < -0.4 is 11.1 Å². The summed E-state index contributed by atoms with van der Waals surface area (Å²) in [5, 5.41) is 5.16. The number of H-pyrrole nitrogens is 1. The largest absolute Gasteiger partial charge is 0.382 e. The van der Waals surface area contributed by atoms with Crippen molar-refractivity contribution < 1.29 is 4.79 Å². The second kappa shape index (κ2) is 9.36. The van der Waals surface area contributed by atoms with Crippen LogP contribution in [0.2, 0.25) is 5.02 Å². The number of nitrogens with zero attached hydrogens (tertiary/aromatic N) is 5. The van der Waals surface area contributed by atoms with Gasteiger partial charge in [-0.05, 0) is 41.5 Å². The van der Waals surface area contributed by atoms with Crippen LogP contribution in [0.1, 0.15) is 27.2 Å². The van der Waals surface area contributed by atoms with Gasteiger partial charge in [0, 0.05) is 48.9 Å². The van der Waals surface area contributed by atoms with Crippen LogP contribution in [0.4, 0.5) is 5.82 Å². The summed E-state index contributed by atoms with van der Waals surface area (Å²) < 4.78 is 1.93. The highest BCUT2D eigenvalue weighted by Gasteiger charge is 2.13. The lowest BCUT2D eigenvalue weighted by Gasteiger charge is -2.10. The molecule has 3 heterocycles.